The number of primary amides is 1. The molecule has 0 saturated carbocycles. The summed E-state index contributed by atoms with van der Waals surface area (Å²) in [6, 6.07) is 0. The number of hydrogen-bond acceptors (Lipinski definition) is 6. The number of carbonyl (C=O) groups is 3. The Bertz CT molecular complexity index is 806. The van der Waals surface area contributed by atoms with E-state index in [1.807, 2.05) is 0 Å². The average Bonchev–Trinajstić information content (AvgIpc) is 2.99. The summed E-state index contributed by atoms with van der Waals surface area (Å²) in [5, 5.41) is 6.85. The van der Waals surface area contributed by atoms with E-state index in [2.05, 4.69) is 10.4 Å². The molecule has 0 atom stereocenters. The molecule has 2 aromatic rings. The normalized spacial score (nSPS) is 10.4. The van der Waals surface area contributed by atoms with Gasteiger partial charge in [0.1, 0.15) is 5.00 Å². The molecule has 0 aliphatic rings. The summed E-state index contributed by atoms with van der Waals surface area (Å²) in [6.07, 6.45) is 1.43. The quantitative estimate of drug-likeness (QED) is 0.815. The topological polar surface area (TPSA) is 116 Å². The van der Waals surface area contributed by atoms with Crippen molar-refractivity contribution >= 4 is 34.1 Å². The monoisotopic (exact) mass is 336 g/mol. The molecule has 0 aliphatic heterocycles. The van der Waals surface area contributed by atoms with Gasteiger partial charge < -0.3 is 15.8 Å². The van der Waals surface area contributed by atoms with Gasteiger partial charge in [-0.1, -0.05) is 0 Å². The lowest BCUT2D eigenvalue weighted by Crippen LogP contribution is -2.15. The molecule has 2 heterocycles. The van der Waals surface area contributed by atoms with E-state index in [0.29, 0.717) is 16.8 Å². The predicted octanol–water partition coefficient (Wildman–Crippen LogP) is 1.24. The summed E-state index contributed by atoms with van der Waals surface area (Å²) in [5.41, 5.74) is 6.85. The number of aromatic nitrogens is 2. The summed E-state index contributed by atoms with van der Waals surface area (Å²) < 4.78 is 6.27. The van der Waals surface area contributed by atoms with Crippen LogP contribution in [0.2, 0.25) is 0 Å². The van der Waals surface area contributed by atoms with Crippen molar-refractivity contribution in [3.63, 3.8) is 0 Å². The Labute approximate surface area is 136 Å². The van der Waals surface area contributed by atoms with Gasteiger partial charge in [0.2, 0.25) is 0 Å². The fourth-order valence-electron chi connectivity index (χ4n) is 2.08. The van der Waals surface area contributed by atoms with Crippen LogP contribution in [0.25, 0.3) is 0 Å². The van der Waals surface area contributed by atoms with Crippen molar-refractivity contribution in [3.05, 3.63) is 33.5 Å². The lowest BCUT2D eigenvalue weighted by molar-refractivity contribution is 0.0601. The number of anilines is 1. The highest BCUT2D eigenvalue weighted by Crippen LogP contribution is 2.33. The fourth-order valence-corrected chi connectivity index (χ4v) is 3.12. The summed E-state index contributed by atoms with van der Waals surface area (Å²) in [7, 11) is 2.94. The number of hydrogen-bond donors (Lipinski definition) is 2. The van der Waals surface area contributed by atoms with Crippen molar-refractivity contribution in [2.45, 2.75) is 13.8 Å². The van der Waals surface area contributed by atoms with Gasteiger partial charge in [-0.25, -0.2) is 4.79 Å². The van der Waals surface area contributed by atoms with Crippen LogP contribution in [0.4, 0.5) is 5.00 Å². The number of aryl methyl sites for hydroxylation is 1. The summed E-state index contributed by atoms with van der Waals surface area (Å²) in [4.78, 5) is 36.0. The molecular formula is C14H16N4O4S. The van der Waals surface area contributed by atoms with Crippen LogP contribution in [0, 0.1) is 13.8 Å². The molecule has 23 heavy (non-hydrogen) atoms. The van der Waals surface area contributed by atoms with Crippen LogP contribution in [0.5, 0.6) is 0 Å². The van der Waals surface area contributed by atoms with Crippen molar-refractivity contribution < 1.29 is 19.1 Å². The summed E-state index contributed by atoms with van der Waals surface area (Å²) in [6.45, 7) is 3.32. The van der Waals surface area contributed by atoms with Gasteiger partial charge >= 0.3 is 5.97 Å². The van der Waals surface area contributed by atoms with E-state index in [4.69, 9.17) is 10.5 Å². The molecule has 9 heteroatoms. The number of rotatable bonds is 4. The zero-order valence-corrected chi connectivity index (χ0v) is 13.9. The van der Waals surface area contributed by atoms with Crippen LogP contribution >= 0.6 is 11.3 Å². The maximum Gasteiger partial charge on any atom is 0.341 e. The molecular weight excluding hydrogens is 320 g/mol. The van der Waals surface area contributed by atoms with Crippen LogP contribution in [0.1, 0.15) is 41.6 Å². The number of ether oxygens (including phenoxy) is 1. The van der Waals surface area contributed by atoms with Gasteiger partial charge in [0.05, 0.1) is 29.3 Å². The van der Waals surface area contributed by atoms with Crippen molar-refractivity contribution in [2.24, 2.45) is 12.8 Å². The lowest BCUT2D eigenvalue weighted by atomic mass is 10.1. The van der Waals surface area contributed by atoms with Gasteiger partial charge in [0.15, 0.2) is 0 Å². The van der Waals surface area contributed by atoms with E-state index in [-0.39, 0.29) is 15.4 Å². The van der Waals surface area contributed by atoms with Gasteiger partial charge in [-0.05, 0) is 19.4 Å². The molecule has 0 spiro atoms. The standard InChI is InChI=1S/C14H16N4O4S/c1-6-9(14(21)22-4)13(23-10(6)11(15)19)17-12(20)8-5-16-18(3)7(8)2/h5H,1-4H3,(H2,15,19)(H,17,20). The molecule has 0 unspecified atom stereocenters. The minimum Gasteiger partial charge on any atom is -0.465 e. The number of amides is 2. The highest BCUT2D eigenvalue weighted by atomic mass is 32.1. The minimum atomic E-state index is -0.671. The predicted molar refractivity (Wildman–Crippen MR) is 84.8 cm³/mol. The van der Waals surface area contributed by atoms with Crippen molar-refractivity contribution in [2.75, 3.05) is 12.4 Å². The largest absolute Gasteiger partial charge is 0.465 e. The van der Waals surface area contributed by atoms with Gasteiger partial charge in [0.25, 0.3) is 11.8 Å². The van der Waals surface area contributed by atoms with E-state index in [9.17, 15) is 14.4 Å². The number of nitrogens with zero attached hydrogens (tertiary/aromatic N) is 2. The Hall–Kier alpha value is -2.68. The Balaban J connectivity index is 2.44. The fraction of sp³-hybridized carbons (Fsp3) is 0.286. The van der Waals surface area contributed by atoms with E-state index < -0.39 is 17.8 Å². The number of esters is 1. The molecule has 2 amide bonds. The van der Waals surface area contributed by atoms with E-state index in [1.165, 1.54) is 13.3 Å². The first-order valence-corrected chi connectivity index (χ1v) is 7.41. The molecule has 8 nitrogen and oxygen atoms in total. The second-order valence-corrected chi connectivity index (χ2v) is 5.86. The van der Waals surface area contributed by atoms with Crippen LogP contribution in [-0.2, 0) is 11.8 Å². The number of thiophene rings is 1. The van der Waals surface area contributed by atoms with E-state index in [0.717, 1.165) is 11.3 Å². The smallest absolute Gasteiger partial charge is 0.341 e. The molecule has 0 radical (unpaired) electrons. The van der Waals surface area contributed by atoms with Crippen molar-refractivity contribution in [3.8, 4) is 0 Å². The van der Waals surface area contributed by atoms with E-state index >= 15 is 0 Å². The van der Waals surface area contributed by atoms with Crippen molar-refractivity contribution in [1.29, 1.82) is 0 Å². The molecule has 0 bridgehead atoms. The molecule has 0 fully saturated rings. The third kappa shape index (κ3) is 2.95. The summed E-state index contributed by atoms with van der Waals surface area (Å²) >= 11 is 0.939. The Morgan fingerprint density at radius 2 is 2.00 bits per heavy atom. The number of methoxy groups -OCH3 is 1. The van der Waals surface area contributed by atoms with Gasteiger partial charge in [-0.3, -0.25) is 14.3 Å². The first-order chi connectivity index (χ1) is 10.8. The lowest BCUT2D eigenvalue weighted by Gasteiger charge is -2.05. The third-order valence-electron chi connectivity index (χ3n) is 3.47. The maximum absolute atomic E-state index is 12.4. The summed E-state index contributed by atoms with van der Waals surface area (Å²) in [5.74, 6) is -1.75. The van der Waals surface area contributed by atoms with Crippen molar-refractivity contribution in [1.82, 2.24) is 9.78 Å². The molecule has 0 aliphatic carbocycles. The molecule has 0 aromatic carbocycles. The van der Waals surface area contributed by atoms with E-state index in [1.54, 1.807) is 25.6 Å². The molecule has 122 valence electrons. The molecule has 2 aromatic heterocycles. The van der Waals surface area contributed by atoms with Gasteiger partial charge in [-0.15, -0.1) is 11.3 Å². The molecule has 3 N–H and O–H groups in total. The average molecular weight is 336 g/mol. The first kappa shape index (κ1) is 16.7. The third-order valence-corrected chi connectivity index (χ3v) is 4.69. The number of carbonyl (C=O) groups excluding carboxylic acids is 3. The second kappa shape index (κ2) is 6.21. The van der Waals surface area contributed by atoms with Crippen LogP contribution in [-0.4, -0.2) is 34.7 Å². The van der Waals surface area contributed by atoms with Gasteiger partial charge in [-0.2, -0.15) is 5.10 Å². The highest BCUT2D eigenvalue weighted by molar-refractivity contribution is 7.18. The Morgan fingerprint density at radius 1 is 1.35 bits per heavy atom. The first-order valence-electron chi connectivity index (χ1n) is 6.59. The maximum atomic E-state index is 12.4. The highest BCUT2D eigenvalue weighted by Gasteiger charge is 2.26. The minimum absolute atomic E-state index is 0.126. The zero-order valence-electron chi connectivity index (χ0n) is 13.1. The zero-order chi connectivity index (χ0) is 17.3. The molecule has 0 saturated heterocycles. The number of nitrogens with two attached hydrogens (primary N) is 1. The Morgan fingerprint density at radius 3 is 2.48 bits per heavy atom. The number of nitrogens with one attached hydrogen (secondary N) is 1. The second-order valence-electron chi connectivity index (χ2n) is 4.84. The Kier molecular flexibility index (Phi) is 4.50. The molecule has 2 rings (SSSR count). The SMILES string of the molecule is COC(=O)c1c(NC(=O)c2cnn(C)c2C)sc(C(N)=O)c1C. The van der Waals surface area contributed by atoms with Gasteiger partial charge in [0, 0.05) is 12.7 Å². The van der Waals surface area contributed by atoms with Crippen LogP contribution in [0.3, 0.4) is 0 Å². The van der Waals surface area contributed by atoms with Crippen LogP contribution in [0.15, 0.2) is 6.20 Å². The van der Waals surface area contributed by atoms with Crippen LogP contribution < -0.4 is 11.1 Å².